The van der Waals surface area contributed by atoms with Crippen molar-refractivity contribution in [2.24, 2.45) is 0 Å². The maximum absolute atomic E-state index is 4.26. The summed E-state index contributed by atoms with van der Waals surface area (Å²) >= 11 is 0. The van der Waals surface area contributed by atoms with Crippen LogP contribution in [0.15, 0.2) is 24.5 Å². The van der Waals surface area contributed by atoms with Crippen LogP contribution in [0.1, 0.15) is 43.6 Å². The summed E-state index contributed by atoms with van der Waals surface area (Å²) in [6, 6.07) is 5.96. The van der Waals surface area contributed by atoms with Crippen molar-refractivity contribution in [2.45, 2.75) is 50.1 Å². The minimum Gasteiger partial charge on any atom is -0.300 e. The maximum Gasteiger partial charge on any atom is 0.0302 e. The summed E-state index contributed by atoms with van der Waals surface area (Å²) in [7, 11) is 2.31. The van der Waals surface area contributed by atoms with E-state index in [1.807, 2.05) is 6.20 Å². The fourth-order valence-electron chi connectivity index (χ4n) is 3.51. The Labute approximate surface area is 97.7 Å². The highest BCUT2D eigenvalue weighted by molar-refractivity contribution is 5.17. The molecule has 3 rings (SSSR count). The monoisotopic (exact) mass is 216 g/mol. The molecule has 1 aromatic heterocycles. The van der Waals surface area contributed by atoms with E-state index in [0.717, 1.165) is 18.0 Å². The van der Waals surface area contributed by atoms with Gasteiger partial charge in [-0.15, -0.1) is 0 Å². The Balaban J connectivity index is 1.80. The predicted molar refractivity (Wildman–Crippen MR) is 65.4 cm³/mol. The van der Waals surface area contributed by atoms with Crippen LogP contribution in [0.2, 0.25) is 0 Å². The minimum atomic E-state index is 0.750. The van der Waals surface area contributed by atoms with Gasteiger partial charge >= 0.3 is 0 Å². The summed E-state index contributed by atoms with van der Waals surface area (Å²) in [5.41, 5.74) is 1.45. The second kappa shape index (κ2) is 4.17. The van der Waals surface area contributed by atoms with Crippen LogP contribution in [0.5, 0.6) is 0 Å². The summed E-state index contributed by atoms with van der Waals surface area (Å²) in [6.45, 7) is 0. The molecular weight excluding hydrogens is 196 g/mol. The van der Waals surface area contributed by atoms with Crippen LogP contribution in [0.25, 0.3) is 0 Å². The molecule has 3 atom stereocenters. The van der Waals surface area contributed by atoms with E-state index in [1.54, 1.807) is 0 Å². The van der Waals surface area contributed by atoms with E-state index in [0.29, 0.717) is 0 Å². The molecule has 3 heterocycles. The normalized spacial score (nSPS) is 34.9. The minimum absolute atomic E-state index is 0.750. The fraction of sp³-hybridized carbons (Fsp3) is 0.643. The van der Waals surface area contributed by atoms with Crippen LogP contribution >= 0.6 is 0 Å². The molecule has 2 aliphatic heterocycles. The molecular formula is C14H20N2. The molecule has 0 radical (unpaired) electrons. The number of hydrogen-bond donors (Lipinski definition) is 0. The molecule has 2 saturated heterocycles. The van der Waals surface area contributed by atoms with Gasteiger partial charge in [0.25, 0.3) is 0 Å². The largest absolute Gasteiger partial charge is 0.300 e. The van der Waals surface area contributed by atoms with Crippen molar-refractivity contribution in [3.05, 3.63) is 30.1 Å². The highest BCUT2D eigenvalue weighted by Gasteiger charge is 2.36. The van der Waals surface area contributed by atoms with Gasteiger partial charge in [0.2, 0.25) is 0 Å². The van der Waals surface area contributed by atoms with Gasteiger partial charge in [0.15, 0.2) is 0 Å². The zero-order chi connectivity index (χ0) is 11.0. The van der Waals surface area contributed by atoms with Crippen LogP contribution in [-0.4, -0.2) is 29.0 Å². The molecule has 2 aliphatic rings. The van der Waals surface area contributed by atoms with E-state index >= 15 is 0 Å². The van der Waals surface area contributed by atoms with Crippen LogP contribution in [0, 0.1) is 0 Å². The number of nitrogens with zero attached hydrogens (tertiary/aromatic N) is 2. The van der Waals surface area contributed by atoms with Crippen LogP contribution in [0.3, 0.4) is 0 Å². The zero-order valence-electron chi connectivity index (χ0n) is 9.97. The first-order valence-electron chi connectivity index (χ1n) is 6.46. The first kappa shape index (κ1) is 10.3. The number of hydrogen-bond acceptors (Lipinski definition) is 2. The first-order chi connectivity index (χ1) is 7.84. The molecule has 2 nitrogen and oxygen atoms in total. The SMILES string of the molecule is CN1[C@@H]2CCC[C@H]1CC(c1cccnc1)C2. The highest BCUT2D eigenvalue weighted by Crippen LogP contribution is 2.40. The van der Waals surface area contributed by atoms with Crippen LogP contribution in [0.4, 0.5) is 0 Å². The van der Waals surface area contributed by atoms with Crippen molar-refractivity contribution in [2.75, 3.05) is 7.05 Å². The van der Waals surface area contributed by atoms with E-state index in [-0.39, 0.29) is 0 Å². The van der Waals surface area contributed by atoms with Crippen molar-refractivity contribution < 1.29 is 0 Å². The average Bonchev–Trinajstić information content (AvgIpc) is 2.30. The summed E-state index contributed by atoms with van der Waals surface area (Å²) in [5, 5.41) is 0. The Bertz CT molecular complexity index is 335. The van der Waals surface area contributed by atoms with Gasteiger partial charge in [-0.25, -0.2) is 0 Å². The van der Waals surface area contributed by atoms with E-state index in [9.17, 15) is 0 Å². The van der Waals surface area contributed by atoms with Crippen LogP contribution in [-0.2, 0) is 0 Å². The van der Waals surface area contributed by atoms with E-state index < -0.39 is 0 Å². The number of rotatable bonds is 1. The maximum atomic E-state index is 4.26. The number of aromatic nitrogens is 1. The van der Waals surface area contributed by atoms with Crippen LogP contribution < -0.4 is 0 Å². The van der Waals surface area contributed by atoms with Crippen molar-refractivity contribution in [3.63, 3.8) is 0 Å². The number of piperidine rings is 2. The van der Waals surface area contributed by atoms with E-state index in [2.05, 4.69) is 35.3 Å². The van der Waals surface area contributed by atoms with Gasteiger partial charge < -0.3 is 4.90 Å². The lowest BCUT2D eigenvalue weighted by Gasteiger charge is -2.47. The molecule has 86 valence electrons. The molecule has 1 aromatic rings. The standard InChI is InChI=1S/C14H20N2/c1-16-13-5-2-6-14(16)9-12(8-13)11-4-3-7-15-10-11/h3-4,7,10,12-14H,2,5-6,8-9H2,1H3/t12?,13-,14+. The summed E-state index contributed by atoms with van der Waals surface area (Å²) in [5.74, 6) is 0.750. The van der Waals surface area contributed by atoms with Gasteiger partial charge in [-0.3, -0.25) is 4.98 Å². The third-order valence-electron chi connectivity index (χ3n) is 4.50. The second-order valence-corrected chi connectivity index (χ2v) is 5.36. The average molecular weight is 216 g/mol. The van der Waals surface area contributed by atoms with Gasteiger partial charge in [-0.2, -0.15) is 0 Å². The van der Waals surface area contributed by atoms with Gasteiger partial charge in [0.05, 0.1) is 0 Å². The Morgan fingerprint density at radius 2 is 2.00 bits per heavy atom. The van der Waals surface area contributed by atoms with Crippen molar-refractivity contribution in [1.29, 1.82) is 0 Å². The first-order valence-corrected chi connectivity index (χ1v) is 6.46. The van der Waals surface area contributed by atoms with E-state index in [1.165, 1.54) is 37.7 Å². The van der Waals surface area contributed by atoms with Gasteiger partial charge in [0, 0.05) is 24.5 Å². The summed E-state index contributed by atoms with van der Waals surface area (Å²) < 4.78 is 0. The fourth-order valence-corrected chi connectivity index (χ4v) is 3.51. The molecule has 2 bridgehead atoms. The van der Waals surface area contributed by atoms with Crippen molar-refractivity contribution >= 4 is 0 Å². The quantitative estimate of drug-likeness (QED) is 0.717. The molecule has 0 N–H and O–H groups in total. The predicted octanol–water partition coefficient (Wildman–Crippen LogP) is 2.81. The lowest BCUT2D eigenvalue weighted by atomic mass is 9.76. The molecule has 2 fully saturated rings. The smallest absolute Gasteiger partial charge is 0.0302 e. The molecule has 2 heteroatoms. The lowest BCUT2D eigenvalue weighted by molar-refractivity contribution is 0.0555. The van der Waals surface area contributed by atoms with E-state index in [4.69, 9.17) is 0 Å². The molecule has 0 aromatic carbocycles. The van der Waals surface area contributed by atoms with Crippen molar-refractivity contribution in [1.82, 2.24) is 9.88 Å². The van der Waals surface area contributed by atoms with Gasteiger partial charge in [-0.05, 0) is 50.3 Å². The molecule has 0 amide bonds. The number of fused-ring (bicyclic) bond motifs is 2. The molecule has 0 aliphatic carbocycles. The summed E-state index contributed by atoms with van der Waals surface area (Å²) in [6.07, 6.45) is 10.8. The second-order valence-electron chi connectivity index (χ2n) is 5.36. The van der Waals surface area contributed by atoms with Gasteiger partial charge in [-0.1, -0.05) is 12.5 Å². The number of pyridine rings is 1. The van der Waals surface area contributed by atoms with Crippen molar-refractivity contribution in [3.8, 4) is 0 Å². The Kier molecular flexibility index (Phi) is 2.68. The molecule has 16 heavy (non-hydrogen) atoms. The Morgan fingerprint density at radius 1 is 1.25 bits per heavy atom. The summed E-state index contributed by atoms with van der Waals surface area (Å²) in [4.78, 5) is 6.88. The third-order valence-corrected chi connectivity index (χ3v) is 4.50. The molecule has 0 spiro atoms. The Morgan fingerprint density at radius 3 is 2.62 bits per heavy atom. The van der Waals surface area contributed by atoms with Gasteiger partial charge in [0.1, 0.15) is 0 Å². The molecule has 0 saturated carbocycles. The highest BCUT2D eigenvalue weighted by atomic mass is 15.2. The zero-order valence-corrected chi connectivity index (χ0v) is 9.97. The Hall–Kier alpha value is -0.890. The third kappa shape index (κ3) is 1.75. The molecule has 1 unspecified atom stereocenters. The topological polar surface area (TPSA) is 16.1 Å². The lowest BCUT2D eigenvalue weighted by Crippen LogP contribution is -2.49.